The first-order valence-corrected chi connectivity index (χ1v) is 7.78. The lowest BCUT2D eigenvalue weighted by molar-refractivity contribution is 0.102. The van der Waals surface area contributed by atoms with Crippen LogP contribution in [-0.2, 0) is 0 Å². The van der Waals surface area contributed by atoms with Crippen molar-refractivity contribution < 1.29 is 9.90 Å². The number of hydrogen-bond acceptors (Lipinski definition) is 2. The third kappa shape index (κ3) is 4.22. The van der Waals surface area contributed by atoms with Gasteiger partial charge in [0.2, 0.25) is 0 Å². The molecule has 2 aromatic carbocycles. The number of benzene rings is 2. The number of carbonyl (C=O) groups excluding carboxylic acids is 1. The summed E-state index contributed by atoms with van der Waals surface area (Å²) < 4.78 is 0. The van der Waals surface area contributed by atoms with Gasteiger partial charge < -0.3 is 5.11 Å². The predicted molar refractivity (Wildman–Crippen MR) is 91.4 cm³/mol. The summed E-state index contributed by atoms with van der Waals surface area (Å²) in [5.74, 6) is -0.104. The van der Waals surface area contributed by atoms with E-state index < -0.39 is 0 Å². The maximum Gasteiger partial charge on any atom is 0.192 e. The van der Waals surface area contributed by atoms with E-state index in [2.05, 4.69) is 6.92 Å². The van der Waals surface area contributed by atoms with Crippen LogP contribution in [0.2, 0.25) is 5.02 Å². The Morgan fingerprint density at radius 2 is 1.82 bits per heavy atom. The molecule has 0 fully saturated rings. The molecule has 0 heterocycles. The Morgan fingerprint density at radius 1 is 1.14 bits per heavy atom. The smallest absolute Gasteiger partial charge is 0.192 e. The number of hydrogen-bond donors (Lipinski definition) is 1. The summed E-state index contributed by atoms with van der Waals surface area (Å²) in [6.07, 6.45) is 4.50. The molecule has 0 saturated carbocycles. The highest BCUT2D eigenvalue weighted by molar-refractivity contribution is 6.30. The molecule has 0 aliphatic carbocycles. The van der Waals surface area contributed by atoms with Crippen LogP contribution in [0.15, 0.2) is 54.1 Å². The van der Waals surface area contributed by atoms with Gasteiger partial charge in [0, 0.05) is 10.6 Å². The molecule has 0 unspecified atom stereocenters. The van der Waals surface area contributed by atoms with Gasteiger partial charge >= 0.3 is 0 Å². The minimum atomic E-state index is -0.124. The van der Waals surface area contributed by atoms with Crippen molar-refractivity contribution in [1.29, 1.82) is 0 Å². The molecule has 0 saturated heterocycles. The van der Waals surface area contributed by atoms with Crippen LogP contribution in [0.5, 0.6) is 5.75 Å². The first-order chi connectivity index (χ1) is 10.6. The zero-order chi connectivity index (χ0) is 15.9. The Kier molecular flexibility index (Phi) is 5.79. The number of rotatable bonds is 6. The van der Waals surface area contributed by atoms with Gasteiger partial charge in [-0.15, -0.1) is 0 Å². The van der Waals surface area contributed by atoms with Crippen LogP contribution in [0.3, 0.4) is 0 Å². The van der Waals surface area contributed by atoms with Gasteiger partial charge in [0.15, 0.2) is 5.78 Å². The molecule has 0 radical (unpaired) electrons. The molecule has 114 valence electrons. The van der Waals surface area contributed by atoms with Crippen LogP contribution in [-0.4, -0.2) is 10.9 Å². The van der Waals surface area contributed by atoms with E-state index in [0.717, 1.165) is 18.4 Å². The minimum absolute atomic E-state index is 0.0194. The van der Waals surface area contributed by atoms with E-state index in [1.54, 1.807) is 30.3 Å². The summed E-state index contributed by atoms with van der Waals surface area (Å²) in [4.78, 5) is 12.7. The fraction of sp³-hybridized carbons (Fsp3) is 0.211. The summed E-state index contributed by atoms with van der Waals surface area (Å²) in [5, 5.41) is 10.6. The van der Waals surface area contributed by atoms with E-state index in [-0.39, 0.29) is 11.5 Å². The quantitative estimate of drug-likeness (QED) is 0.564. The Balaban J connectivity index is 2.35. The summed E-state index contributed by atoms with van der Waals surface area (Å²) in [6, 6.07) is 14.0. The molecule has 3 heteroatoms. The number of para-hydroxylation sites is 1. The van der Waals surface area contributed by atoms with Crippen molar-refractivity contribution in [3.05, 3.63) is 70.3 Å². The van der Waals surface area contributed by atoms with Crippen molar-refractivity contribution in [2.75, 3.05) is 0 Å². The number of carbonyl (C=O) groups is 1. The van der Waals surface area contributed by atoms with Crippen LogP contribution in [0.25, 0.3) is 6.08 Å². The van der Waals surface area contributed by atoms with Crippen LogP contribution < -0.4 is 0 Å². The van der Waals surface area contributed by atoms with Crippen LogP contribution >= 0.6 is 11.6 Å². The second-order valence-corrected chi connectivity index (χ2v) is 5.61. The first-order valence-electron chi connectivity index (χ1n) is 7.40. The highest BCUT2D eigenvalue weighted by Crippen LogP contribution is 2.24. The number of allylic oxidation sites excluding steroid dienone is 1. The highest BCUT2D eigenvalue weighted by Gasteiger charge is 2.15. The van der Waals surface area contributed by atoms with Crippen molar-refractivity contribution in [3.8, 4) is 5.75 Å². The largest absolute Gasteiger partial charge is 0.507 e. The molecule has 0 aromatic heterocycles. The molecular weight excluding hydrogens is 296 g/mol. The predicted octanol–water partition coefficient (Wildman–Crippen LogP) is 5.50. The van der Waals surface area contributed by atoms with E-state index in [1.807, 2.05) is 18.2 Å². The molecule has 0 bridgehead atoms. The van der Waals surface area contributed by atoms with Gasteiger partial charge in [-0.1, -0.05) is 49.2 Å². The second kappa shape index (κ2) is 7.81. The Labute approximate surface area is 136 Å². The summed E-state index contributed by atoms with van der Waals surface area (Å²) in [6.45, 7) is 2.09. The number of aromatic hydroxyl groups is 1. The second-order valence-electron chi connectivity index (χ2n) is 5.17. The number of Topliss-reactive ketones (excluding diaryl/α,β-unsaturated/α-hetero) is 1. The van der Waals surface area contributed by atoms with Crippen LogP contribution in [0, 0.1) is 0 Å². The molecule has 2 rings (SSSR count). The summed E-state index contributed by atoms with van der Waals surface area (Å²) >= 11 is 5.89. The standard InChI is InChI=1S/C19H19ClO2/c1-2-3-6-15(13-14-9-11-16(20)12-10-14)19(22)17-7-4-5-8-18(17)21/h4-5,7-13,21H,2-3,6H2,1H3. The highest BCUT2D eigenvalue weighted by atomic mass is 35.5. The molecule has 22 heavy (non-hydrogen) atoms. The van der Waals surface area contributed by atoms with Gasteiger partial charge in [-0.25, -0.2) is 0 Å². The van der Waals surface area contributed by atoms with E-state index >= 15 is 0 Å². The molecule has 0 aliphatic heterocycles. The first kappa shape index (κ1) is 16.3. The molecule has 0 aliphatic rings. The molecule has 2 aromatic rings. The average Bonchev–Trinajstić information content (AvgIpc) is 2.53. The third-order valence-electron chi connectivity index (χ3n) is 3.45. The molecule has 0 spiro atoms. The zero-order valence-electron chi connectivity index (χ0n) is 12.6. The Hall–Kier alpha value is -2.06. The lowest BCUT2D eigenvalue weighted by atomic mass is 9.96. The molecule has 2 nitrogen and oxygen atoms in total. The van der Waals surface area contributed by atoms with Gasteiger partial charge in [-0.2, -0.15) is 0 Å². The van der Waals surface area contributed by atoms with Crippen molar-refractivity contribution in [2.45, 2.75) is 26.2 Å². The molecule has 1 N–H and O–H groups in total. The summed E-state index contributed by atoms with van der Waals surface area (Å²) in [7, 11) is 0. The fourth-order valence-corrected chi connectivity index (χ4v) is 2.34. The van der Waals surface area contributed by atoms with Gasteiger partial charge in [0.05, 0.1) is 5.56 Å². The van der Waals surface area contributed by atoms with Crippen LogP contribution in [0.4, 0.5) is 0 Å². The van der Waals surface area contributed by atoms with Crippen molar-refractivity contribution >= 4 is 23.5 Å². The lowest BCUT2D eigenvalue weighted by Crippen LogP contribution is -2.04. The monoisotopic (exact) mass is 314 g/mol. The molecule has 0 amide bonds. The van der Waals surface area contributed by atoms with Gasteiger partial charge in [0.25, 0.3) is 0 Å². The Morgan fingerprint density at radius 3 is 2.45 bits per heavy atom. The number of unbranched alkanes of at least 4 members (excludes halogenated alkanes) is 1. The van der Waals surface area contributed by atoms with E-state index in [9.17, 15) is 9.90 Å². The number of ketones is 1. The number of phenols is 1. The summed E-state index contributed by atoms with van der Waals surface area (Å²) in [5.41, 5.74) is 1.98. The topological polar surface area (TPSA) is 37.3 Å². The van der Waals surface area contributed by atoms with Crippen molar-refractivity contribution in [1.82, 2.24) is 0 Å². The molecular formula is C19H19ClO2. The normalized spacial score (nSPS) is 11.5. The SMILES string of the molecule is CCCCC(=Cc1ccc(Cl)cc1)C(=O)c1ccccc1O. The van der Waals surface area contributed by atoms with E-state index in [0.29, 0.717) is 22.6 Å². The van der Waals surface area contributed by atoms with Crippen LogP contribution in [0.1, 0.15) is 42.1 Å². The zero-order valence-corrected chi connectivity index (χ0v) is 13.3. The maximum atomic E-state index is 12.7. The van der Waals surface area contributed by atoms with Gasteiger partial charge in [0.1, 0.15) is 5.75 Å². The van der Waals surface area contributed by atoms with E-state index in [1.165, 1.54) is 6.07 Å². The van der Waals surface area contributed by atoms with Crippen molar-refractivity contribution in [3.63, 3.8) is 0 Å². The van der Waals surface area contributed by atoms with Crippen molar-refractivity contribution in [2.24, 2.45) is 0 Å². The third-order valence-corrected chi connectivity index (χ3v) is 3.70. The number of halogens is 1. The average molecular weight is 315 g/mol. The minimum Gasteiger partial charge on any atom is -0.507 e. The molecule has 0 atom stereocenters. The van der Waals surface area contributed by atoms with Gasteiger partial charge in [-0.3, -0.25) is 4.79 Å². The van der Waals surface area contributed by atoms with Gasteiger partial charge in [-0.05, 0) is 48.7 Å². The number of phenolic OH excluding ortho intramolecular Hbond substituents is 1. The van der Waals surface area contributed by atoms with E-state index in [4.69, 9.17) is 11.6 Å². The Bertz CT molecular complexity index is 672. The lowest BCUT2D eigenvalue weighted by Gasteiger charge is -2.08. The fourth-order valence-electron chi connectivity index (χ4n) is 2.22. The maximum absolute atomic E-state index is 12.7.